The number of aromatic hydroxyl groups is 1. The first kappa shape index (κ1) is 15.1. The van der Waals surface area contributed by atoms with Crippen molar-refractivity contribution in [1.29, 1.82) is 0 Å². The van der Waals surface area contributed by atoms with Crippen molar-refractivity contribution in [2.45, 2.75) is 38.1 Å². The molecule has 0 aromatic heterocycles. The molecule has 2 nitrogen and oxygen atoms in total. The van der Waals surface area contributed by atoms with Gasteiger partial charge < -0.3 is 10.8 Å². The Labute approximate surface area is 126 Å². The third-order valence-corrected chi connectivity index (χ3v) is 4.45. The molecule has 0 unspecified atom stereocenters. The Morgan fingerprint density at radius 3 is 2.30 bits per heavy atom. The zero-order chi connectivity index (χ0) is 13.2. The summed E-state index contributed by atoms with van der Waals surface area (Å²) >= 11 is 0. The number of rotatable bonds is 2. The second-order valence-corrected chi connectivity index (χ2v) is 5.64. The number of benzene rings is 2. The van der Waals surface area contributed by atoms with Gasteiger partial charge in [-0.3, -0.25) is 0 Å². The number of hydrogen-bond acceptors (Lipinski definition) is 2. The first-order valence-electron chi connectivity index (χ1n) is 7.23. The average molecular weight is 292 g/mol. The number of fused-ring (bicyclic) bond motifs is 1. The van der Waals surface area contributed by atoms with E-state index < -0.39 is 0 Å². The first-order chi connectivity index (χ1) is 9.27. The highest BCUT2D eigenvalue weighted by molar-refractivity contribution is 5.91. The molecule has 3 N–H and O–H groups in total. The summed E-state index contributed by atoms with van der Waals surface area (Å²) in [6, 6.07) is 11.9. The second kappa shape index (κ2) is 6.47. The Kier molecular flexibility index (Phi) is 4.90. The van der Waals surface area contributed by atoms with E-state index in [2.05, 4.69) is 6.07 Å². The SMILES string of the molecule is Cl.N[C@H](c1ccc(O)c2ccccc12)C1CCCCC1. The molecule has 1 aliphatic rings. The van der Waals surface area contributed by atoms with Gasteiger partial charge in [0.25, 0.3) is 0 Å². The van der Waals surface area contributed by atoms with Crippen molar-refractivity contribution in [2.24, 2.45) is 11.7 Å². The lowest BCUT2D eigenvalue weighted by molar-refractivity contribution is 0.309. The molecule has 108 valence electrons. The van der Waals surface area contributed by atoms with E-state index in [4.69, 9.17) is 5.73 Å². The molecule has 0 aliphatic heterocycles. The van der Waals surface area contributed by atoms with Crippen LogP contribution in [0.2, 0.25) is 0 Å². The fourth-order valence-corrected chi connectivity index (χ4v) is 3.34. The summed E-state index contributed by atoms with van der Waals surface area (Å²) in [4.78, 5) is 0. The number of phenolic OH excluding ortho intramolecular Hbond substituents is 1. The highest BCUT2D eigenvalue weighted by Gasteiger charge is 2.23. The normalized spacial score (nSPS) is 17.6. The van der Waals surface area contributed by atoms with Gasteiger partial charge in [0.1, 0.15) is 5.75 Å². The Balaban J connectivity index is 0.00000147. The maximum atomic E-state index is 9.95. The van der Waals surface area contributed by atoms with E-state index in [0.29, 0.717) is 11.7 Å². The molecule has 1 aliphatic carbocycles. The molecular weight excluding hydrogens is 270 g/mol. The van der Waals surface area contributed by atoms with Gasteiger partial charge in [0.15, 0.2) is 0 Å². The zero-order valence-corrected chi connectivity index (χ0v) is 12.4. The van der Waals surface area contributed by atoms with Crippen LogP contribution in [0.25, 0.3) is 10.8 Å². The van der Waals surface area contributed by atoms with Crippen LogP contribution in [0.15, 0.2) is 36.4 Å². The molecule has 0 amide bonds. The molecule has 0 saturated heterocycles. The predicted molar refractivity (Wildman–Crippen MR) is 86.4 cm³/mol. The Morgan fingerprint density at radius 1 is 0.950 bits per heavy atom. The van der Waals surface area contributed by atoms with E-state index in [-0.39, 0.29) is 18.4 Å². The summed E-state index contributed by atoms with van der Waals surface area (Å²) < 4.78 is 0. The van der Waals surface area contributed by atoms with Crippen LogP contribution >= 0.6 is 12.4 Å². The highest BCUT2D eigenvalue weighted by Crippen LogP contribution is 2.37. The minimum absolute atomic E-state index is 0. The molecule has 3 rings (SSSR count). The van der Waals surface area contributed by atoms with Gasteiger partial charge in [-0.1, -0.05) is 49.6 Å². The molecule has 20 heavy (non-hydrogen) atoms. The standard InChI is InChI=1S/C17H21NO.ClH/c18-17(12-6-2-1-3-7-12)15-10-11-16(19)14-9-5-4-8-13(14)15;/h4-5,8-12,17,19H,1-3,6-7,18H2;1H/t17-;/m0./s1. The number of nitrogens with two attached hydrogens (primary N) is 1. The molecule has 0 heterocycles. The van der Waals surface area contributed by atoms with Crippen LogP contribution in [-0.2, 0) is 0 Å². The Morgan fingerprint density at radius 2 is 1.60 bits per heavy atom. The largest absolute Gasteiger partial charge is 0.507 e. The van der Waals surface area contributed by atoms with Crippen molar-refractivity contribution in [3.8, 4) is 5.75 Å². The predicted octanol–water partition coefficient (Wildman–Crippen LogP) is 4.55. The van der Waals surface area contributed by atoms with Crippen molar-refractivity contribution < 1.29 is 5.11 Å². The van der Waals surface area contributed by atoms with Crippen molar-refractivity contribution in [1.82, 2.24) is 0 Å². The molecule has 1 atom stereocenters. The summed E-state index contributed by atoms with van der Waals surface area (Å²) in [6.07, 6.45) is 6.41. The summed E-state index contributed by atoms with van der Waals surface area (Å²) in [5.41, 5.74) is 7.69. The van der Waals surface area contributed by atoms with Crippen LogP contribution < -0.4 is 5.73 Å². The number of halogens is 1. The highest BCUT2D eigenvalue weighted by atomic mass is 35.5. The van der Waals surface area contributed by atoms with Crippen LogP contribution in [0.5, 0.6) is 5.75 Å². The summed E-state index contributed by atoms with van der Waals surface area (Å²) in [5, 5.41) is 12.0. The minimum Gasteiger partial charge on any atom is -0.507 e. The average Bonchev–Trinajstić information content (AvgIpc) is 2.48. The van der Waals surface area contributed by atoms with Crippen molar-refractivity contribution in [3.63, 3.8) is 0 Å². The van der Waals surface area contributed by atoms with E-state index >= 15 is 0 Å². The maximum Gasteiger partial charge on any atom is 0.123 e. The van der Waals surface area contributed by atoms with Crippen LogP contribution in [0.3, 0.4) is 0 Å². The van der Waals surface area contributed by atoms with Gasteiger partial charge in [0.2, 0.25) is 0 Å². The van der Waals surface area contributed by atoms with Crippen molar-refractivity contribution >= 4 is 23.2 Å². The summed E-state index contributed by atoms with van der Waals surface area (Å²) in [5.74, 6) is 0.928. The van der Waals surface area contributed by atoms with Gasteiger partial charge in [0, 0.05) is 11.4 Å². The smallest absolute Gasteiger partial charge is 0.123 e. The van der Waals surface area contributed by atoms with E-state index in [9.17, 15) is 5.11 Å². The molecule has 1 fully saturated rings. The first-order valence-corrected chi connectivity index (χ1v) is 7.23. The minimum atomic E-state index is 0. The summed E-state index contributed by atoms with van der Waals surface area (Å²) in [6.45, 7) is 0. The number of phenols is 1. The second-order valence-electron chi connectivity index (χ2n) is 5.64. The van der Waals surface area contributed by atoms with Crippen LogP contribution in [-0.4, -0.2) is 5.11 Å². The molecule has 2 aromatic rings. The maximum absolute atomic E-state index is 9.95. The van der Waals surface area contributed by atoms with E-state index in [1.807, 2.05) is 24.3 Å². The van der Waals surface area contributed by atoms with E-state index in [0.717, 1.165) is 10.8 Å². The van der Waals surface area contributed by atoms with Gasteiger partial charge >= 0.3 is 0 Å². The topological polar surface area (TPSA) is 46.2 Å². The molecule has 3 heteroatoms. The van der Waals surface area contributed by atoms with Gasteiger partial charge in [-0.15, -0.1) is 12.4 Å². The zero-order valence-electron chi connectivity index (χ0n) is 11.6. The lowest BCUT2D eigenvalue weighted by Crippen LogP contribution is -2.23. The van der Waals surface area contributed by atoms with Gasteiger partial charge in [-0.25, -0.2) is 0 Å². The van der Waals surface area contributed by atoms with Gasteiger partial charge in [-0.05, 0) is 35.8 Å². The van der Waals surface area contributed by atoms with Crippen LogP contribution in [0.1, 0.15) is 43.7 Å². The number of hydrogen-bond donors (Lipinski definition) is 2. The Hall–Kier alpha value is -1.25. The monoisotopic (exact) mass is 291 g/mol. The third kappa shape index (κ3) is 2.77. The quantitative estimate of drug-likeness (QED) is 0.853. The van der Waals surface area contributed by atoms with E-state index in [1.165, 1.54) is 37.7 Å². The summed E-state index contributed by atoms with van der Waals surface area (Å²) in [7, 11) is 0. The van der Waals surface area contributed by atoms with Crippen molar-refractivity contribution in [3.05, 3.63) is 42.0 Å². The molecule has 0 bridgehead atoms. The Bertz CT molecular complexity index is 578. The van der Waals surface area contributed by atoms with Crippen LogP contribution in [0.4, 0.5) is 0 Å². The fourth-order valence-electron chi connectivity index (χ4n) is 3.34. The molecule has 1 saturated carbocycles. The van der Waals surface area contributed by atoms with Gasteiger partial charge in [-0.2, -0.15) is 0 Å². The third-order valence-electron chi connectivity index (χ3n) is 4.45. The lowest BCUT2D eigenvalue weighted by Gasteiger charge is -2.28. The van der Waals surface area contributed by atoms with Gasteiger partial charge in [0.05, 0.1) is 0 Å². The molecule has 0 radical (unpaired) electrons. The fraction of sp³-hybridized carbons (Fsp3) is 0.412. The van der Waals surface area contributed by atoms with Crippen molar-refractivity contribution in [2.75, 3.05) is 0 Å². The molecule has 0 spiro atoms. The van der Waals surface area contributed by atoms with Crippen LogP contribution in [0, 0.1) is 5.92 Å². The van der Waals surface area contributed by atoms with E-state index in [1.54, 1.807) is 6.07 Å². The molecule has 2 aromatic carbocycles. The lowest BCUT2D eigenvalue weighted by atomic mass is 9.80. The molecular formula is C17H22ClNO.